The fourth-order valence-corrected chi connectivity index (χ4v) is 12.4. The van der Waals surface area contributed by atoms with Crippen molar-refractivity contribution in [2.24, 2.45) is 0 Å². The van der Waals surface area contributed by atoms with Crippen molar-refractivity contribution in [2.75, 3.05) is 0 Å². The smallest absolute Gasteiger partial charge is 0.550 e. The maximum Gasteiger partial charge on any atom is 2.00 e. The van der Waals surface area contributed by atoms with Gasteiger partial charge in [-0.1, -0.05) is 133 Å². The predicted molar refractivity (Wildman–Crippen MR) is 228 cm³/mol. The van der Waals surface area contributed by atoms with Gasteiger partial charge in [0.05, 0.1) is 15.8 Å². The Bertz CT molecular complexity index is 2220. The molecule has 0 N–H and O–H groups in total. The summed E-state index contributed by atoms with van der Waals surface area (Å²) in [5.41, 5.74) is 2.75. The second-order valence-corrected chi connectivity index (χ2v) is 17.5. The fraction of sp³-hybridized carbons (Fsp3) is 0.0417. The second kappa shape index (κ2) is 19.9. The summed E-state index contributed by atoms with van der Waals surface area (Å²) in [6, 6.07) is 72.2. The molecule has 8 rings (SSSR count). The second-order valence-electron chi connectivity index (χ2n) is 12.6. The van der Waals surface area contributed by atoms with Gasteiger partial charge >= 0.3 is 20.4 Å². The van der Waals surface area contributed by atoms with Crippen LogP contribution in [0.4, 0.5) is 0 Å². The van der Waals surface area contributed by atoms with E-state index in [0.29, 0.717) is 0 Å². The number of hydrogen-bond donors (Lipinski definition) is 0. The van der Waals surface area contributed by atoms with Gasteiger partial charge in [-0.3, -0.25) is 0 Å². The molecule has 0 atom stereocenters. The molecule has 0 heterocycles. The van der Waals surface area contributed by atoms with Crippen LogP contribution < -0.4 is 42.0 Å². The van der Waals surface area contributed by atoms with Crippen LogP contribution in [0.2, 0.25) is 0 Å². The Morgan fingerprint density at radius 2 is 0.600 bits per heavy atom. The number of hydrogen-bond acceptors (Lipinski definition) is 4. The predicted octanol–water partition coefficient (Wildman–Crippen LogP) is 6.15. The summed E-state index contributed by atoms with van der Waals surface area (Å²) in [4.78, 5) is 17.8. The average molecular weight is 849 g/mol. The molecule has 0 saturated heterocycles. The van der Waals surface area contributed by atoms with E-state index in [1.807, 2.05) is 0 Å². The maximum atomic E-state index is 8.89. The zero-order valence-corrected chi connectivity index (χ0v) is 34.0. The van der Waals surface area contributed by atoms with E-state index in [9.17, 15) is 0 Å². The molecule has 0 spiro atoms. The Hall–Kier alpha value is -5.26. The summed E-state index contributed by atoms with van der Waals surface area (Å²) in [7, 11) is -2.74. The van der Waals surface area contributed by atoms with Crippen LogP contribution in [0, 0.1) is 0 Å². The molecule has 0 bridgehead atoms. The molecular weight excluding hydrogens is 809 g/mol. The van der Waals surface area contributed by atoms with Gasteiger partial charge in [-0.2, -0.15) is 0 Å². The zero-order chi connectivity index (χ0) is 37.9. The van der Waals surface area contributed by atoms with E-state index in [4.69, 9.17) is 19.8 Å². The monoisotopic (exact) mass is 848 g/mol. The number of fused-ring (bicyclic) bond motifs is 2. The molecule has 0 aromatic heterocycles. The molecule has 0 saturated carbocycles. The third-order valence-corrected chi connectivity index (χ3v) is 14.4. The van der Waals surface area contributed by atoms with Crippen molar-refractivity contribution in [1.82, 2.24) is 0 Å². The van der Waals surface area contributed by atoms with Crippen molar-refractivity contribution in [2.45, 2.75) is 13.8 Å². The molecule has 0 amide bonds. The third-order valence-electron chi connectivity index (χ3n) is 8.90. The van der Waals surface area contributed by atoms with Gasteiger partial charge in [0.2, 0.25) is 0 Å². The molecule has 0 radical (unpaired) electrons. The minimum atomic E-state index is -1.37. The van der Waals surface area contributed by atoms with Crippen LogP contribution in [0.3, 0.4) is 0 Å². The molecule has 0 fully saturated rings. The van der Waals surface area contributed by atoms with Gasteiger partial charge in [0, 0.05) is 23.1 Å². The van der Waals surface area contributed by atoms with E-state index in [0.717, 1.165) is 13.8 Å². The first-order chi connectivity index (χ1) is 26.3. The molecule has 4 nitrogen and oxygen atoms in total. The summed E-state index contributed by atoms with van der Waals surface area (Å²) in [5.74, 6) is -2.17. The quantitative estimate of drug-likeness (QED) is 0.143. The SMILES string of the molecule is CC(=O)[O-].CC(=O)[O-].[Pd+2].c1ccc([PH+](c2ccccc2)c2ccc3ccccc3c2-c2c([PH+](c3ccccc3)c3ccccc3)ccc3ccccc23)cc1. The topological polar surface area (TPSA) is 80.3 Å². The molecule has 55 heavy (non-hydrogen) atoms. The minimum absolute atomic E-state index is 0. The summed E-state index contributed by atoms with van der Waals surface area (Å²) < 4.78 is 0. The first-order valence-corrected chi connectivity index (χ1v) is 20.7. The van der Waals surface area contributed by atoms with Crippen LogP contribution in [0.25, 0.3) is 32.7 Å². The normalized spacial score (nSPS) is 10.5. The van der Waals surface area contributed by atoms with Crippen molar-refractivity contribution in [3.05, 3.63) is 194 Å². The molecule has 0 aliphatic carbocycles. The van der Waals surface area contributed by atoms with Crippen LogP contribution >= 0.6 is 15.8 Å². The fourth-order valence-electron chi connectivity index (χ4n) is 6.87. The molecule has 8 aromatic rings. The molecule has 7 heteroatoms. The van der Waals surface area contributed by atoms with Crippen LogP contribution in [-0.2, 0) is 30.0 Å². The van der Waals surface area contributed by atoms with Gasteiger partial charge in [-0.15, -0.1) is 0 Å². The number of aliphatic carboxylic acids is 2. The van der Waals surface area contributed by atoms with Gasteiger partial charge in [-0.25, -0.2) is 0 Å². The molecular formula is C48H40O4P2Pd+2. The number of carboxylic acids is 2. The Labute approximate surface area is 338 Å². The van der Waals surface area contributed by atoms with Crippen molar-refractivity contribution in [3.8, 4) is 11.1 Å². The van der Waals surface area contributed by atoms with Gasteiger partial charge in [-0.05, 0) is 96.1 Å². The summed E-state index contributed by atoms with van der Waals surface area (Å²) in [5, 5.41) is 31.4. The van der Waals surface area contributed by atoms with Crippen LogP contribution in [0.5, 0.6) is 0 Å². The minimum Gasteiger partial charge on any atom is -0.550 e. The van der Waals surface area contributed by atoms with E-state index in [-0.39, 0.29) is 20.4 Å². The van der Waals surface area contributed by atoms with Crippen molar-refractivity contribution in [3.63, 3.8) is 0 Å². The van der Waals surface area contributed by atoms with E-state index >= 15 is 0 Å². The van der Waals surface area contributed by atoms with Gasteiger partial charge in [0.25, 0.3) is 0 Å². The van der Waals surface area contributed by atoms with Crippen molar-refractivity contribution in [1.29, 1.82) is 0 Å². The molecule has 0 unspecified atom stereocenters. The summed E-state index contributed by atoms with van der Waals surface area (Å²) in [6.07, 6.45) is 0. The third kappa shape index (κ3) is 10.1. The van der Waals surface area contributed by atoms with E-state index < -0.39 is 27.8 Å². The maximum absolute atomic E-state index is 8.89. The van der Waals surface area contributed by atoms with Gasteiger partial charge in [0.15, 0.2) is 0 Å². The largest absolute Gasteiger partial charge is 2.00 e. The standard InChI is InChI=1S/C44H32P2.2C2H4O2.Pd/c1-5-19-35(20-6-1)45(36-21-7-2-8-22-36)41-31-29-33-17-13-15-27-39(33)43(41)44-40-28-16-14-18-34(40)30-32-42(44)46(37-23-9-3-10-24-37)38-25-11-4-12-26-38;2*1-2(3)4;/h1-32H;2*1H3,(H,3,4);/q;;;+2. The van der Waals surface area contributed by atoms with Crippen molar-refractivity contribution < 1.29 is 40.2 Å². The molecule has 274 valence electrons. The van der Waals surface area contributed by atoms with Gasteiger partial charge < -0.3 is 19.8 Å². The molecule has 0 aliphatic heterocycles. The van der Waals surface area contributed by atoms with Crippen molar-refractivity contribution >= 4 is 81.2 Å². The number of carbonyl (C=O) groups is 2. The summed E-state index contributed by atoms with van der Waals surface area (Å²) in [6.45, 7) is 1.94. The number of carboxylic acid groups (broad SMARTS) is 2. The van der Waals surface area contributed by atoms with E-state index in [1.165, 1.54) is 64.5 Å². The van der Waals surface area contributed by atoms with Crippen LogP contribution in [0.15, 0.2) is 194 Å². The Morgan fingerprint density at radius 1 is 0.364 bits per heavy atom. The van der Waals surface area contributed by atoms with Gasteiger partial charge in [0.1, 0.15) is 31.8 Å². The Morgan fingerprint density at radius 3 is 0.873 bits per heavy atom. The Kier molecular flexibility index (Phi) is 14.8. The van der Waals surface area contributed by atoms with E-state index in [1.54, 1.807) is 0 Å². The zero-order valence-electron chi connectivity index (χ0n) is 30.4. The summed E-state index contributed by atoms with van der Waals surface area (Å²) >= 11 is 0. The molecule has 8 aromatic carbocycles. The number of rotatable bonds is 7. The van der Waals surface area contributed by atoms with E-state index in [2.05, 4.69) is 194 Å². The average Bonchev–Trinajstić information content (AvgIpc) is 3.19. The Balaban J connectivity index is 0.000000591. The number of carbonyl (C=O) groups excluding carboxylic acids is 2. The first-order valence-electron chi connectivity index (χ1n) is 17.7. The van der Waals surface area contributed by atoms with Crippen LogP contribution in [0.1, 0.15) is 13.8 Å². The molecule has 0 aliphatic rings. The van der Waals surface area contributed by atoms with Crippen LogP contribution in [-0.4, -0.2) is 11.9 Å². The number of benzene rings is 8. The first kappa shape index (κ1) is 40.9.